The molecule has 0 radical (unpaired) electrons. The van der Waals surface area contributed by atoms with Crippen LogP contribution < -0.4 is 16.0 Å². The van der Waals surface area contributed by atoms with E-state index in [4.69, 9.17) is 26.8 Å². The number of halogens is 2. The van der Waals surface area contributed by atoms with E-state index in [1.807, 2.05) is 0 Å². The van der Waals surface area contributed by atoms with Crippen LogP contribution in [0, 0.1) is 5.82 Å². The van der Waals surface area contributed by atoms with Crippen molar-refractivity contribution in [3.8, 4) is 11.4 Å². The average molecular weight is 506 g/mol. The summed E-state index contributed by atoms with van der Waals surface area (Å²) in [5, 5.41) is 0.650. The molecule has 0 saturated heterocycles. The molecule has 2 aromatic carbocycles. The average Bonchev–Trinajstić information content (AvgIpc) is 2.80. The van der Waals surface area contributed by atoms with Crippen molar-refractivity contribution in [1.82, 2.24) is 9.55 Å². The molecule has 2 N–H and O–H groups in total. The Kier molecular flexibility index (Phi) is 8.71. The molecular weight excluding hydrogens is 481 g/mol. The molecule has 0 amide bonds. The third-order valence-electron chi connectivity index (χ3n) is 4.68. The number of carbonyl (C=O) groups excluding carboxylic acids is 1. The zero-order valence-electron chi connectivity index (χ0n) is 18.8. The molecular formula is C24H25ClFN3O4S. The van der Waals surface area contributed by atoms with E-state index < -0.39 is 11.6 Å². The van der Waals surface area contributed by atoms with Crippen molar-refractivity contribution in [2.24, 2.45) is 5.73 Å². The zero-order valence-corrected chi connectivity index (χ0v) is 20.4. The van der Waals surface area contributed by atoms with E-state index in [1.165, 1.54) is 28.5 Å². The summed E-state index contributed by atoms with van der Waals surface area (Å²) >= 11 is 7.71. The molecule has 34 heavy (non-hydrogen) atoms. The van der Waals surface area contributed by atoms with Gasteiger partial charge in [-0.3, -0.25) is 14.2 Å². The first-order chi connectivity index (χ1) is 16.2. The van der Waals surface area contributed by atoms with Gasteiger partial charge in [0.1, 0.15) is 23.8 Å². The van der Waals surface area contributed by atoms with Gasteiger partial charge in [0.2, 0.25) is 0 Å². The highest BCUT2D eigenvalue weighted by Gasteiger charge is 2.24. The summed E-state index contributed by atoms with van der Waals surface area (Å²) in [6, 6.07) is 11.2. The first kappa shape index (κ1) is 25.7. The molecule has 3 rings (SSSR count). The summed E-state index contributed by atoms with van der Waals surface area (Å²) in [6.45, 7) is 3.26. The van der Waals surface area contributed by atoms with Crippen LogP contribution in [0.15, 0.2) is 64.7 Å². The number of benzene rings is 2. The lowest BCUT2D eigenvalue weighted by atomic mass is 10.1. The Morgan fingerprint density at radius 1 is 1.24 bits per heavy atom. The molecule has 7 nitrogen and oxygen atoms in total. The second kappa shape index (κ2) is 11.5. The van der Waals surface area contributed by atoms with Gasteiger partial charge in [-0.2, -0.15) is 0 Å². The monoisotopic (exact) mass is 505 g/mol. The molecule has 0 unspecified atom stereocenters. The zero-order chi connectivity index (χ0) is 24.7. The Morgan fingerprint density at radius 2 is 1.97 bits per heavy atom. The Bertz CT molecular complexity index is 1200. The van der Waals surface area contributed by atoms with Gasteiger partial charge in [0.15, 0.2) is 5.03 Å². The predicted octanol–water partition coefficient (Wildman–Crippen LogP) is 4.02. The van der Waals surface area contributed by atoms with Crippen LogP contribution in [0.2, 0.25) is 5.02 Å². The minimum atomic E-state index is -0.888. The molecule has 0 fully saturated rings. The highest BCUT2D eigenvalue weighted by molar-refractivity contribution is 7.99. The summed E-state index contributed by atoms with van der Waals surface area (Å²) in [5.41, 5.74) is 5.66. The van der Waals surface area contributed by atoms with Gasteiger partial charge in [-0.25, -0.2) is 9.37 Å². The number of carbonyl (C=O) groups is 1. The first-order valence-corrected chi connectivity index (χ1v) is 11.8. The fourth-order valence-corrected chi connectivity index (χ4v) is 4.12. The highest BCUT2D eigenvalue weighted by Crippen LogP contribution is 2.28. The van der Waals surface area contributed by atoms with Crippen molar-refractivity contribution in [2.45, 2.75) is 30.9 Å². The number of rotatable bonds is 10. The van der Waals surface area contributed by atoms with Crippen molar-refractivity contribution < 1.29 is 18.7 Å². The van der Waals surface area contributed by atoms with Gasteiger partial charge in [0.05, 0.1) is 17.3 Å². The SMILES string of the molecule is CC(C)(COc1ccc(-n2ccnc(SCCc3ccc(F)cc3)c2=O)cc1Cl)OC(=O)CN. The van der Waals surface area contributed by atoms with Gasteiger partial charge < -0.3 is 15.2 Å². The maximum Gasteiger partial charge on any atom is 0.320 e. The summed E-state index contributed by atoms with van der Waals surface area (Å²) in [7, 11) is 0. The van der Waals surface area contributed by atoms with E-state index in [-0.39, 0.29) is 24.5 Å². The number of hydrogen-bond acceptors (Lipinski definition) is 7. The number of thioether (sulfide) groups is 1. The topological polar surface area (TPSA) is 96.4 Å². The van der Waals surface area contributed by atoms with Crippen LogP contribution in [0.4, 0.5) is 4.39 Å². The molecule has 0 aliphatic carbocycles. The van der Waals surface area contributed by atoms with Crippen LogP contribution in [0.5, 0.6) is 5.75 Å². The van der Waals surface area contributed by atoms with E-state index in [9.17, 15) is 14.0 Å². The number of hydrogen-bond donors (Lipinski definition) is 1. The van der Waals surface area contributed by atoms with Crippen molar-refractivity contribution in [2.75, 3.05) is 18.9 Å². The number of aryl methyl sites for hydroxylation is 1. The lowest BCUT2D eigenvalue weighted by molar-refractivity contribution is -0.157. The Balaban J connectivity index is 1.67. The Hall–Kier alpha value is -2.88. The smallest absolute Gasteiger partial charge is 0.320 e. The maximum atomic E-state index is 13.0. The Labute approximate surface area is 206 Å². The van der Waals surface area contributed by atoms with E-state index in [0.29, 0.717) is 33.7 Å². The van der Waals surface area contributed by atoms with E-state index >= 15 is 0 Å². The molecule has 0 aliphatic rings. The van der Waals surface area contributed by atoms with E-state index in [2.05, 4.69) is 4.98 Å². The highest BCUT2D eigenvalue weighted by atomic mass is 35.5. The fraction of sp³-hybridized carbons (Fsp3) is 0.292. The Morgan fingerprint density at radius 3 is 2.65 bits per heavy atom. The number of aromatic nitrogens is 2. The molecule has 180 valence electrons. The molecule has 0 spiro atoms. The fourth-order valence-electron chi connectivity index (χ4n) is 3.00. The first-order valence-electron chi connectivity index (χ1n) is 10.5. The number of nitrogens with two attached hydrogens (primary N) is 1. The summed E-state index contributed by atoms with van der Waals surface area (Å²) in [6.07, 6.45) is 3.79. The van der Waals surface area contributed by atoms with Crippen LogP contribution in [0.3, 0.4) is 0 Å². The molecule has 10 heteroatoms. The third kappa shape index (κ3) is 7.06. The van der Waals surface area contributed by atoms with Crippen LogP contribution in [0.25, 0.3) is 5.69 Å². The second-order valence-corrected chi connectivity index (χ2v) is 9.46. The minimum Gasteiger partial charge on any atom is -0.488 e. The number of nitrogens with zero attached hydrogens (tertiary/aromatic N) is 2. The number of ether oxygens (including phenoxy) is 2. The molecule has 1 heterocycles. The third-order valence-corrected chi connectivity index (χ3v) is 5.93. The molecule has 0 bridgehead atoms. The largest absolute Gasteiger partial charge is 0.488 e. The van der Waals surface area contributed by atoms with Gasteiger partial charge in [0.25, 0.3) is 5.56 Å². The van der Waals surface area contributed by atoms with Gasteiger partial charge >= 0.3 is 5.97 Å². The van der Waals surface area contributed by atoms with Gasteiger partial charge in [0, 0.05) is 18.1 Å². The lowest BCUT2D eigenvalue weighted by Crippen LogP contribution is -2.37. The summed E-state index contributed by atoms with van der Waals surface area (Å²) in [4.78, 5) is 28.6. The second-order valence-electron chi connectivity index (χ2n) is 7.97. The van der Waals surface area contributed by atoms with Crippen LogP contribution >= 0.6 is 23.4 Å². The predicted molar refractivity (Wildman–Crippen MR) is 130 cm³/mol. The van der Waals surface area contributed by atoms with E-state index in [0.717, 1.165) is 5.56 Å². The normalized spacial score (nSPS) is 11.3. The van der Waals surface area contributed by atoms with Gasteiger partial charge in [-0.1, -0.05) is 23.7 Å². The van der Waals surface area contributed by atoms with Crippen molar-refractivity contribution in [3.63, 3.8) is 0 Å². The molecule has 0 saturated carbocycles. The molecule has 3 aromatic rings. The van der Waals surface area contributed by atoms with Crippen LogP contribution in [0.1, 0.15) is 19.4 Å². The van der Waals surface area contributed by atoms with E-state index in [1.54, 1.807) is 56.6 Å². The quantitative estimate of drug-likeness (QED) is 0.328. The standard InChI is InChI=1S/C24H25ClFN3O4S/c1-24(2,33-21(30)14-27)15-32-20-8-7-18(13-19(20)25)29-11-10-28-22(23(29)31)34-12-9-16-3-5-17(26)6-4-16/h3-8,10-11,13H,9,12,14-15,27H2,1-2H3. The molecule has 0 aliphatic heterocycles. The maximum absolute atomic E-state index is 13.0. The van der Waals surface area contributed by atoms with Crippen molar-refractivity contribution in [3.05, 3.63) is 81.6 Å². The van der Waals surface area contributed by atoms with Gasteiger partial charge in [-0.05, 0) is 56.2 Å². The minimum absolute atomic E-state index is 0.0713. The molecule has 0 atom stereocenters. The lowest BCUT2D eigenvalue weighted by Gasteiger charge is -2.25. The number of esters is 1. The molecule has 1 aromatic heterocycles. The van der Waals surface area contributed by atoms with Crippen molar-refractivity contribution in [1.29, 1.82) is 0 Å². The van der Waals surface area contributed by atoms with Crippen LogP contribution in [-0.2, 0) is 16.0 Å². The summed E-state index contributed by atoms with van der Waals surface area (Å²) < 4.78 is 25.4. The van der Waals surface area contributed by atoms with Crippen LogP contribution in [-0.4, -0.2) is 40.0 Å². The van der Waals surface area contributed by atoms with Gasteiger partial charge in [-0.15, -0.1) is 11.8 Å². The summed E-state index contributed by atoms with van der Waals surface area (Å²) in [5.74, 6) is 0.199. The van der Waals surface area contributed by atoms with Crippen molar-refractivity contribution >= 4 is 29.3 Å².